The van der Waals surface area contributed by atoms with Crippen molar-refractivity contribution in [3.8, 4) is 0 Å². The third kappa shape index (κ3) is 1.90. The fraction of sp³-hybridized carbons (Fsp3) is 0.273. The molecule has 3 nitrogen and oxygen atoms in total. The van der Waals surface area contributed by atoms with E-state index >= 15 is 0 Å². The Kier molecular flexibility index (Phi) is 2.77. The Morgan fingerprint density at radius 3 is 2.93 bits per heavy atom. The molecule has 0 aromatic carbocycles. The maximum Gasteiger partial charge on any atom is 0.251 e. The lowest BCUT2D eigenvalue weighted by atomic mass is 10.1. The van der Waals surface area contributed by atoms with Gasteiger partial charge in [0.15, 0.2) is 0 Å². The van der Waals surface area contributed by atoms with Gasteiger partial charge in [-0.15, -0.1) is 11.8 Å². The van der Waals surface area contributed by atoms with E-state index < -0.39 is 0 Å². The lowest BCUT2D eigenvalue weighted by Crippen LogP contribution is -2.11. The van der Waals surface area contributed by atoms with E-state index in [1.54, 1.807) is 18.0 Å². The monoisotopic (exact) mass is 220 g/mol. The Balaban J connectivity index is 2.70. The summed E-state index contributed by atoms with van der Waals surface area (Å²) < 4.78 is 0. The van der Waals surface area contributed by atoms with Crippen LogP contribution in [0.3, 0.4) is 0 Å². The van der Waals surface area contributed by atoms with Crippen LogP contribution in [0.15, 0.2) is 28.2 Å². The summed E-state index contributed by atoms with van der Waals surface area (Å²) in [4.78, 5) is 18.7. The summed E-state index contributed by atoms with van der Waals surface area (Å²) in [6.45, 7) is 1.97. The van der Waals surface area contributed by atoms with Gasteiger partial charge in [0, 0.05) is 17.1 Å². The molecule has 2 aromatic heterocycles. The zero-order chi connectivity index (χ0) is 10.8. The average Bonchev–Trinajstić information content (AvgIpc) is 2.27. The van der Waals surface area contributed by atoms with Crippen LogP contribution >= 0.6 is 11.8 Å². The summed E-state index contributed by atoms with van der Waals surface area (Å²) in [5, 5.41) is 1.91. The van der Waals surface area contributed by atoms with Gasteiger partial charge in [0.05, 0.1) is 10.5 Å². The summed E-state index contributed by atoms with van der Waals surface area (Å²) >= 11 is 1.57. The van der Waals surface area contributed by atoms with Crippen molar-refractivity contribution in [2.45, 2.75) is 18.4 Å². The highest BCUT2D eigenvalue weighted by Crippen LogP contribution is 2.17. The Hall–Kier alpha value is -1.29. The molecule has 2 heterocycles. The van der Waals surface area contributed by atoms with Crippen LogP contribution in [0.5, 0.6) is 0 Å². The summed E-state index contributed by atoms with van der Waals surface area (Å²) in [6, 6.07) is 3.81. The van der Waals surface area contributed by atoms with E-state index in [-0.39, 0.29) is 5.56 Å². The minimum absolute atomic E-state index is 0.00301. The number of rotatable bonds is 2. The number of nitrogens with one attached hydrogen (secondary N) is 1. The number of hydrogen-bond acceptors (Lipinski definition) is 3. The molecule has 2 rings (SSSR count). The molecule has 78 valence electrons. The van der Waals surface area contributed by atoms with Gasteiger partial charge in [-0.2, -0.15) is 0 Å². The van der Waals surface area contributed by atoms with Gasteiger partial charge in [-0.3, -0.25) is 4.79 Å². The van der Waals surface area contributed by atoms with Crippen LogP contribution in [0, 0.1) is 0 Å². The van der Waals surface area contributed by atoms with Crippen molar-refractivity contribution in [3.05, 3.63) is 34.2 Å². The molecule has 2 aromatic rings. The normalized spacial score (nSPS) is 10.8. The first-order chi connectivity index (χ1) is 7.24. The zero-order valence-corrected chi connectivity index (χ0v) is 9.52. The number of aromatic nitrogens is 2. The van der Waals surface area contributed by atoms with E-state index in [9.17, 15) is 4.79 Å². The molecular weight excluding hydrogens is 208 g/mol. The lowest BCUT2D eigenvalue weighted by molar-refractivity contribution is 1.07. The molecule has 0 aliphatic carbocycles. The molecular formula is C11H12N2OS. The van der Waals surface area contributed by atoms with Gasteiger partial charge >= 0.3 is 0 Å². The molecule has 4 heteroatoms. The molecule has 0 saturated heterocycles. The van der Waals surface area contributed by atoms with E-state index in [1.165, 1.54) is 0 Å². The molecule has 15 heavy (non-hydrogen) atoms. The van der Waals surface area contributed by atoms with Crippen molar-refractivity contribution in [2.75, 3.05) is 6.26 Å². The van der Waals surface area contributed by atoms with Crippen LogP contribution in [0.4, 0.5) is 0 Å². The Morgan fingerprint density at radius 1 is 1.47 bits per heavy atom. The van der Waals surface area contributed by atoms with E-state index in [0.29, 0.717) is 0 Å². The van der Waals surface area contributed by atoms with Crippen LogP contribution in [0.1, 0.15) is 12.5 Å². The molecule has 0 atom stereocenters. The second-order valence-corrected chi connectivity index (χ2v) is 4.12. The highest BCUT2D eigenvalue weighted by atomic mass is 32.2. The predicted molar refractivity (Wildman–Crippen MR) is 63.5 cm³/mol. The Bertz CT molecular complexity index is 548. The minimum Gasteiger partial charge on any atom is -0.322 e. The van der Waals surface area contributed by atoms with Crippen LogP contribution in [0.25, 0.3) is 10.9 Å². The smallest absolute Gasteiger partial charge is 0.251 e. The first-order valence-corrected chi connectivity index (χ1v) is 6.03. The van der Waals surface area contributed by atoms with Crippen molar-refractivity contribution in [1.29, 1.82) is 0 Å². The quantitative estimate of drug-likeness (QED) is 0.789. The van der Waals surface area contributed by atoms with Crippen LogP contribution in [-0.2, 0) is 6.42 Å². The van der Waals surface area contributed by atoms with Crippen molar-refractivity contribution in [2.24, 2.45) is 0 Å². The predicted octanol–water partition coefficient (Wildman–Crippen LogP) is 2.21. The van der Waals surface area contributed by atoms with Gasteiger partial charge in [-0.1, -0.05) is 6.92 Å². The maximum absolute atomic E-state index is 11.6. The second-order valence-electron chi connectivity index (χ2n) is 3.29. The van der Waals surface area contributed by atoms with Crippen molar-refractivity contribution in [3.63, 3.8) is 0 Å². The molecule has 0 aliphatic rings. The average molecular weight is 220 g/mol. The number of thioether (sulfide) groups is 1. The molecule has 0 aliphatic heterocycles. The summed E-state index contributed by atoms with van der Waals surface area (Å²) in [7, 11) is 0. The first kappa shape index (κ1) is 10.2. The number of fused-ring (bicyclic) bond motifs is 1. The highest BCUT2D eigenvalue weighted by molar-refractivity contribution is 7.98. The van der Waals surface area contributed by atoms with E-state index in [4.69, 9.17) is 0 Å². The first-order valence-electron chi connectivity index (χ1n) is 4.80. The molecule has 0 bridgehead atoms. The molecule has 0 radical (unpaired) electrons. The number of hydrogen-bond donors (Lipinski definition) is 1. The molecule has 0 saturated carbocycles. The Labute approximate surface area is 91.9 Å². The maximum atomic E-state index is 11.6. The van der Waals surface area contributed by atoms with Crippen LogP contribution < -0.4 is 5.56 Å². The summed E-state index contributed by atoms with van der Waals surface area (Å²) in [5.41, 5.74) is 1.67. The summed E-state index contributed by atoms with van der Waals surface area (Å²) in [6.07, 6.45) is 4.51. The van der Waals surface area contributed by atoms with Gasteiger partial charge in [-0.05, 0) is 24.8 Å². The number of aryl methyl sites for hydroxylation is 1. The van der Waals surface area contributed by atoms with E-state index in [1.807, 2.05) is 25.3 Å². The largest absolute Gasteiger partial charge is 0.322 e. The van der Waals surface area contributed by atoms with Crippen molar-refractivity contribution < 1.29 is 0 Å². The Morgan fingerprint density at radius 2 is 2.27 bits per heavy atom. The van der Waals surface area contributed by atoms with Gasteiger partial charge < -0.3 is 4.98 Å². The summed E-state index contributed by atoms with van der Waals surface area (Å²) in [5.74, 6) is 0. The van der Waals surface area contributed by atoms with Crippen molar-refractivity contribution in [1.82, 2.24) is 9.97 Å². The van der Waals surface area contributed by atoms with Gasteiger partial charge in [0.2, 0.25) is 0 Å². The van der Waals surface area contributed by atoms with Gasteiger partial charge in [0.1, 0.15) is 0 Å². The minimum atomic E-state index is 0.00301. The number of aromatic amines is 1. The third-order valence-electron chi connectivity index (χ3n) is 2.37. The molecule has 0 unspecified atom stereocenters. The van der Waals surface area contributed by atoms with Gasteiger partial charge in [-0.25, -0.2) is 4.98 Å². The van der Waals surface area contributed by atoms with Gasteiger partial charge in [0.25, 0.3) is 5.56 Å². The zero-order valence-electron chi connectivity index (χ0n) is 8.70. The third-order valence-corrected chi connectivity index (χ3v) is 3.01. The SMILES string of the molecule is CCc1cc2cnc(SC)cc2[nH]c1=O. The lowest BCUT2D eigenvalue weighted by Gasteiger charge is -2.02. The molecule has 0 fully saturated rings. The fourth-order valence-corrected chi connectivity index (χ4v) is 1.89. The highest BCUT2D eigenvalue weighted by Gasteiger charge is 2.02. The number of nitrogens with zero attached hydrogens (tertiary/aromatic N) is 1. The van der Waals surface area contributed by atoms with E-state index in [0.717, 1.165) is 27.9 Å². The molecule has 1 N–H and O–H groups in total. The number of pyridine rings is 2. The standard InChI is InChI=1S/C11H12N2OS/c1-3-7-4-8-6-12-10(15-2)5-9(8)13-11(7)14/h4-6H,3H2,1-2H3,(H,13,14). The molecule has 0 spiro atoms. The van der Waals surface area contributed by atoms with E-state index in [2.05, 4.69) is 9.97 Å². The van der Waals surface area contributed by atoms with Crippen LogP contribution in [0.2, 0.25) is 0 Å². The second kappa shape index (κ2) is 4.06. The number of H-pyrrole nitrogens is 1. The topological polar surface area (TPSA) is 45.8 Å². The van der Waals surface area contributed by atoms with Crippen molar-refractivity contribution >= 4 is 22.7 Å². The molecule has 0 amide bonds. The van der Waals surface area contributed by atoms with Crippen LogP contribution in [-0.4, -0.2) is 16.2 Å². The fourth-order valence-electron chi connectivity index (χ4n) is 1.50.